The first-order chi connectivity index (χ1) is 11.2. The van der Waals surface area contributed by atoms with Gasteiger partial charge in [0.25, 0.3) is 0 Å². The second kappa shape index (κ2) is 7.04. The molecule has 0 spiro atoms. The molecular weight excluding hydrogens is 290 g/mol. The number of hydrogen-bond acceptors (Lipinski definition) is 2. The summed E-state index contributed by atoms with van der Waals surface area (Å²) in [5.41, 5.74) is 2.01. The van der Waals surface area contributed by atoms with Crippen molar-refractivity contribution in [1.29, 1.82) is 0 Å². The number of amides is 2. The largest absolute Gasteiger partial charge is 0.383 e. The lowest BCUT2D eigenvalue weighted by molar-refractivity contribution is 0.182. The van der Waals surface area contributed by atoms with Crippen LogP contribution in [0.25, 0.3) is 10.9 Å². The van der Waals surface area contributed by atoms with Crippen LogP contribution in [-0.2, 0) is 11.3 Å². The molecule has 2 amide bonds. The number of piperidine rings is 1. The van der Waals surface area contributed by atoms with Crippen molar-refractivity contribution in [2.75, 3.05) is 32.1 Å². The molecule has 1 aromatic heterocycles. The van der Waals surface area contributed by atoms with Gasteiger partial charge in [-0.3, -0.25) is 0 Å². The van der Waals surface area contributed by atoms with Crippen LogP contribution in [0.1, 0.15) is 19.8 Å². The number of urea groups is 1. The Morgan fingerprint density at radius 2 is 2.26 bits per heavy atom. The standard InChI is InChI=1S/C18H25N3O2/c1-14-4-3-8-21(13-14)18(22)19-16-5-6-17-15(12-16)7-9-20(17)10-11-23-2/h5-7,9,12,14H,3-4,8,10-11,13H2,1-2H3,(H,19,22)/t14-/m1/s1. The molecule has 2 aromatic rings. The SMILES string of the molecule is COCCn1ccc2cc(NC(=O)N3CCC[C@@H](C)C3)ccc21. The van der Waals surface area contributed by atoms with Crippen molar-refractivity contribution in [3.05, 3.63) is 30.5 Å². The number of likely N-dealkylation sites (tertiary alicyclic amines) is 1. The summed E-state index contributed by atoms with van der Waals surface area (Å²) >= 11 is 0. The van der Waals surface area contributed by atoms with Crippen molar-refractivity contribution in [1.82, 2.24) is 9.47 Å². The highest BCUT2D eigenvalue weighted by molar-refractivity contribution is 5.93. The molecule has 1 aliphatic heterocycles. The van der Waals surface area contributed by atoms with Gasteiger partial charge in [-0.2, -0.15) is 0 Å². The van der Waals surface area contributed by atoms with Gasteiger partial charge in [-0.05, 0) is 43.0 Å². The van der Waals surface area contributed by atoms with Crippen LogP contribution in [-0.4, -0.2) is 42.3 Å². The van der Waals surface area contributed by atoms with Crippen LogP contribution in [0, 0.1) is 5.92 Å². The van der Waals surface area contributed by atoms with E-state index in [9.17, 15) is 4.79 Å². The highest BCUT2D eigenvalue weighted by Gasteiger charge is 2.20. The van der Waals surface area contributed by atoms with Crippen molar-refractivity contribution in [2.45, 2.75) is 26.3 Å². The predicted molar refractivity (Wildman–Crippen MR) is 92.8 cm³/mol. The molecule has 5 nitrogen and oxygen atoms in total. The average molecular weight is 315 g/mol. The monoisotopic (exact) mass is 315 g/mol. The first-order valence-electron chi connectivity index (χ1n) is 8.31. The lowest BCUT2D eigenvalue weighted by Gasteiger charge is -2.30. The normalized spacial score (nSPS) is 18.3. The molecule has 1 fully saturated rings. The summed E-state index contributed by atoms with van der Waals surface area (Å²) in [7, 11) is 1.71. The molecule has 0 bridgehead atoms. The number of aromatic nitrogens is 1. The van der Waals surface area contributed by atoms with Crippen LogP contribution in [0.3, 0.4) is 0 Å². The number of nitrogens with zero attached hydrogens (tertiary/aromatic N) is 2. The maximum absolute atomic E-state index is 12.4. The van der Waals surface area contributed by atoms with Crippen molar-refractivity contribution in [3.63, 3.8) is 0 Å². The number of benzene rings is 1. The molecule has 1 aliphatic rings. The van der Waals surface area contributed by atoms with Crippen LogP contribution < -0.4 is 5.32 Å². The van der Waals surface area contributed by atoms with Crippen molar-refractivity contribution in [2.24, 2.45) is 5.92 Å². The minimum Gasteiger partial charge on any atom is -0.383 e. The van der Waals surface area contributed by atoms with E-state index in [4.69, 9.17) is 4.74 Å². The summed E-state index contributed by atoms with van der Waals surface area (Å²) in [5.74, 6) is 0.590. The van der Waals surface area contributed by atoms with Gasteiger partial charge in [0.15, 0.2) is 0 Å². The van der Waals surface area contributed by atoms with Gasteiger partial charge in [0.1, 0.15) is 0 Å². The molecule has 0 radical (unpaired) electrons. The van der Waals surface area contributed by atoms with E-state index in [1.807, 2.05) is 17.0 Å². The van der Waals surface area contributed by atoms with E-state index in [0.717, 1.165) is 42.6 Å². The molecule has 3 rings (SSSR count). The molecule has 1 aromatic carbocycles. The molecule has 5 heteroatoms. The zero-order chi connectivity index (χ0) is 16.2. The van der Waals surface area contributed by atoms with Gasteiger partial charge in [-0.25, -0.2) is 4.79 Å². The number of rotatable bonds is 4. The van der Waals surface area contributed by atoms with Crippen LogP contribution in [0.5, 0.6) is 0 Å². The second-order valence-electron chi connectivity index (χ2n) is 6.40. The zero-order valence-corrected chi connectivity index (χ0v) is 13.9. The van der Waals surface area contributed by atoms with E-state index >= 15 is 0 Å². The van der Waals surface area contributed by atoms with Gasteiger partial charge in [-0.15, -0.1) is 0 Å². The Hall–Kier alpha value is -2.01. The predicted octanol–water partition coefficient (Wildman–Crippen LogP) is 3.55. The highest BCUT2D eigenvalue weighted by atomic mass is 16.5. The van der Waals surface area contributed by atoms with Gasteiger partial charge >= 0.3 is 6.03 Å². The second-order valence-corrected chi connectivity index (χ2v) is 6.40. The smallest absolute Gasteiger partial charge is 0.321 e. The Bertz CT molecular complexity index is 680. The topological polar surface area (TPSA) is 46.5 Å². The molecule has 0 saturated carbocycles. The Morgan fingerprint density at radius 1 is 1.39 bits per heavy atom. The summed E-state index contributed by atoms with van der Waals surface area (Å²) in [6.45, 7) is 5.42. The molecule has 124 valence electrons. The number of carbonyl (C=O) groups is 1. The molecule has 0 unspecified atom stereocenters. The molecule has 0 aliphatic carbocycles. The number of fused-ring (bicyclic) bond motifs is 1. The summed E-state index contributed by atoms with van der Waals surface area (Å²) < 4.78 is 7.30. The summed E-state index contributed by atoms with van der Waals surface area (Å²) in [5, 5.41) is 4.16. The third-order valence-corrected chi connectivity index (χ3v) is 4.50. The first-order valence-corrected chi connectivity index (χ1v) is 8.31. The Morgan fingerprint density at radius 3 is 3.04 bits per heavy atom. The van der Waals surface area contributed by atoms with E-state index < -0.39 is 0 Å². The van der Waals surface area contributed by atoms with Crippen molar-refractivity contribution >= 4 is 22.6 Å². The minimum absolute atomic E-state index is 0.00900. The van der Waals surface area contributed by atoms with E-state index in [0.29, 0.717) is 12.5 Å². The lowest BCUT2D eigenvalue weighted by Crippen LogP contribution is -2.41. The van der Waals surface area contributed by atoms with Gasteiger partial charge in [-0.1, -0.05) is 6.92 Å². The van der Waals surface area contributed by atoms with E-state index in [-0.39, 0.29) is 6.03 Å². The number of methoxy groups -OCH3 is 1. The van der Waals surface area contributed by atoms with Crippen LogP contribution in [0.15, 0.2) is 30.5 Å². The van der Waals surface area contributed by atoms with E-state index in [1.165, 1.54) is 6.42 Å². The van der Waals surface area contributed by atoms with Gasteiger partial charge in [0, 0.05) is 49.5 Å². The minimum atomic E-state index is 0.00900. The molecule has 1 atom stereocenters. The fourth-order valence-corrected chi connectivity index (χ4v) is 3.24. The Balaban J connectivity index is 1.69. The maximum atomic E-state index is 12.4. The number of anilines is 1. The third kappa shape index (κ3) is 3.67. The molecule has 23 heavy (non-hydrogen) atoms. The van der Waals surface area contributed by atoms with Gasteiger partial charge in [0.05, 0.1) is 6.61 Å². The summed E-state index contributed by atoms with van der Waals surface area (Å²) in [4.78, 5) is 14.3. The van der Waals surface area contributed by atoms with Crippen LogP contribution >= 0.6 is 0 Å². The third-order valence-electron chi connectivity index (χ3n) is 4.50. The first kappa shape index (κ1) is 15.9. The van der Waals surface area contributed by atoms with Crippen molar-refractivity contribution < 1.29 is 9.53 Å². The molecule has 2 heterocycles. The summed E-state index contributed by atoms with van der Waals surface area (Å²) in [6.07, 6.45) is 4.36. The fraction of sp³-hybridized carbons (Fsp3) is 0.500. The Kier molecular flexibility index (Phi) is 4.86. The lowest BCUT2D eigenvalue weighted by atomic mass is 10.0. The van der Waals surface area contributed by atoms with Gasteiger partial charge < -0.3 is 19.5 Å². The number of ether oxygens (including phenoxy) is 1. The molecule has 1 N–H and O–H groups in total. The zero-order valence-electron chi connectivity index (χ0n) is 13.9. The van der Waals surface area contributed by atoms with Crippen LogP contribution in [0.2, 0.25) is 0 Å². The summed E-state index contributed by atoms with van der Waals surface area (Å²) in [6, 6.07) is 8.14. The fourth-order valence-electron chi connectivity index (χ4n) is 3.24. The highest BCUT2D eigenvalue weighted by Crippen LogP contribution is 2.22. The molecular formula is C18H25N3O2. The maximum Gasteiger partial charge on any atom is 0.321 e. The molecule has 1 saturated heterocycles. The van der Waals surface area contributed by atoms with Crippen LogP contribution in [0.4, 0.5) is 10.5 Å². The average Bonchev–Trinajstić information content (AvgIpc) is 2.95. The Labute approximate surface area is 137 Å². The van der Waals surface area contributed by atoms with E-state index in [2.05, 4.69) is 35.1 Å². The van der Waals surface area contributed by atoms with Gasteiger partial charge in [0.2, 0.25) is 0 Å². The van der Waals surface area contributed by atoms with E-state index in [1.54, 1.807) is 7.11 Å². The number of carbonyl (C=O) groups excluding carboxylic acids is 1. The number of nitrogens with one attached hydrogen (secondary N) is 1. The quantitative estimate of drug-likeness (QED) is 0.938. The number of hydrogen-bond donors (Lipinski definition) is 1. The van der Waals surface area contributed by atoms with Crippen molar-refractivity contribution in [3.8, 4) is 0 Å².